The van der Waals surface area contributed by atoms with Crippen LogP contribution in [0.25, 0.3) is 0 Å². The standard InChI is InChI=1S/C13H24N2O2.C2H6/c1-14-6-2-12(3-7-14)10-15-8-4-13(5-9-15)17-11-16;1-2/h11-13H,2-10H2,1H3;1-2H3. The van der Waals surface area contributed by atoms with Crippen LogP contribution in [-0.2, 0) is 9.53 Å². The first-order valence-electron chi connectivity index (χ1n) is 7.78. The molecule has 0 unspecified atom stereocenters. The van der Waals surface area contributed by atoms with Crippen molar-refractivity contribution in [1.82, 2.24) is 9.80 Å². The van der Waals surface area contributed by atoms with Crippen LogP contribution >= 0.6 is 0 Å². The number of carbonyl (C=O) groups excluding carboxylic acids is 1. The average Bonchev–Trinajstić information content (AvgIpc) is 2.46. The summed E-state index contributed by atoms with van der Waals surface area (Å²) in [5, 5.41) is 0. The van der Waals surface area contributed by atoms with E-state index in [2.05, 4.69) is 16.8 Å². The van der Waals surface area contributed by atoms with Crippen LogP contribution in [0.5, 0.6) is 0 Å². The van der Waals surface area contributed by atoms with Gasteiger partial charge in [-0.1, -0.05) is 13.8 Å². The predicted octanol–water partition coefficient (Wildman–Crippen LogP) is 1.99. The Balaban J connectivity index is 0.000000861. The smallest absolute Gasteiger partial charge is 0.293 e. The molecule has 4 nitrogen and oxygen atoms in total. The Labute approximate surface area is 118 Å². The van der Waals surface area contributed by atoms with Crippen molar-refractivity contribution in [1.29, 1.82) is 0 Å². The van der Waals surface area contributed by atoms with Crippen LogP contribution in [0.15, 0.2) is 0 Å². The number of nitrogens with zero attached hydrogens (tertiary/aromatic N) is 2. The predicted molar refractivity (Wildman–Crippen MR) is 78.2 cm³/mol. The van der Waals surface area contributed by atoms with Crippen LogP contribution in [-0.4, -0.2) is 62.1 Å². The zero-order valence-corrected chi connectivity index (χ0v) is 12.8. The summed E-state index contributed by atoms with van der Waals surface area (Å²) in [4.78, 5) is 15.2. The summed E-state index contributed by atoms with van der Waals surface area (Å²) in [6, 6.07) is 0. The Kier molecular flexibility index (Phi) is 8.07. The molecule has 0 atom stereocenters. The third kappa shape index (κ3) is 5.91. The Morgan fingerprint density at radius 3 is 2.16 bits per heavy atom. The number of hydrogen-bond donors (Lipinski definition) is 0. The maximum absolute atomic E-state index is 10.3. The molecule has 2 fully saturated rings. The molecule has 0 bridgehead atoms. The van der Waals surface area contributed by atoms with Crippen LogP contribution in [0.1, 0.15) is 39.5 Å². The van der Waals surface area contributed by atoms with E-state index in [1.54, 1.807) is 0 Å². The van der Waals surface area contributed by atoms with E-state index in [0.717, 1.165) is 31.8 Å². The lowest BCUT2D eigenvalue weighted by Gasteiger charge is -2.36. The van der Waals surface area contributed by atoms with Gasteiger partial charge in [0.05, 0.1) is 0 Å². The van der Waals surface area contributed by atoms with Crippen LogP contribution in [0, 0.1) is 5.92 Å². The van der Waals surface area contributed by atoms with Gasteiger partial charge in [-0.2, -0.15) is 0 Å². The van der Waals surface area contributed by atoms with Gasteiger partial charge >= 0.3 is 0 Å². The summed E-state index contributed by atoms with van der Waals surface area (Å²) in [5.74, 6) is 0.870. The second-order valence-corrected chi connectivity index (χ2v) is 5.48. The van der Waals surface area contributed by atoms with E-state index in [4.69, 9.17) is 4.74 Å². The molecule has 0 saturated carbocycles. The summed E-state index contributed by atoms with van der Waals surface area (Å²) in [7, 11) is 2.21. The molecule has 0 aliphatic carbocycles. The lowest BCUT2D eigenvalue weighted by Crippen LogP contribution is -2.42. The molecule has 0 aromatic heterocycles. The van der Waals surface area contributed by atoms with Crippen molar-refractivity contribution in [2.75, 3.05) is 39.8 Å². The van der Waals surface area contributed by atoms with E-state index < -0.39 is 0 Å². The monoisotopic (exact) mass is 270 g/mol. The van der Waals surface area contributed by atoms with Crippen LogP contribution in [0.4, 0.5) is 0 Å². The summed E-state index contributed by atoms with van der Waals surface area (Å²) in [6.45, 7) is 10.5. The van der Waals surface area contributed by atoms with Crippen molar-refractivity contribution >= 4 is 6.47 Å². The fourth-order valence-corrected chi connectivity index (χ4v) is 2.92. The highest BCUT2D eigenvalue weighted by molar-refractivity contribution is 5.37. The fourth-order valence-electron chi connectivity index (χ4n) is 2.92. The topological polar surface area (TPSA) is 32.8 Å². The minimum absolute atomic E-state index is 0.168. The van der Waals surface area contributed by atoms with Gasteiger partial charge in [-0.3, -0.25) is 4.79 Å². The van der Waals surface area contributed by atoms with Gasteiger partial charge in [0, 0.05) is 19.6 Å². The molecule has 2 aliphatic heterocycles. The quantitative estimate of drug-likeness (QED) is 0.732. The second kappa shape index (κ2) is 9.32. The molecule has 0 N–H and O–H groups in total. The van der Waals surface area contributed by atoms with E-state index in [1.165, 1.54) is 32.5 Å². The molecule has 0 radical (unpaired) electrons. The minimum Gasteiger partial charge on any atom is -0.464 e. The highest BCUT2D eigenvalue weighted by atomic mass is 16.5. The average molecular weight is 270 g/mol. The molecule has 4 heteroatoms. The Hall–Kier alpha value is -0.610. The maximum Gasteiger partial charge on any atom is 0.293 e. The first kappa shape index (κ1) is 16.4. The van der Waals surface area contributed by atoms with E-state index in [0.29, 0.717) is 6.47 Å². The maximum atomic E-state index is 10.3. The van der Waals surface area contributed by atoms with Crippen molar-refractivity contribution < 1.29 is 9.53 Å². The van der Waals surface area contributed by atoms with Gasteiger partial charge in [-0.05, 0) is 51.7 Å². The summed E-state index contributed by atoms with van der Waals surface area (Å²) in [6.07, 6.45) is 4.85. The number of hydrogen-bond acceptors (Lipinski definition) is 4. The van der Waals surface area contributed by atoms with E-state index >= 15 is 0 Å². The summed E-state index contributed by atoms with van der Waals surface area (Å²) >= 11 is 0. The largest absolute Gasteiger partial charge is 0.464 e. The molecule has 0 spiro atoms. The van der Waals surface area contributed by atoms with Gasteiger partial charge < -0.3 is 14.5 Å². The summed E-state index contributed by atoms with van der Waals surface area (Å²) < 4.78 is 5.02. The SMILES string of the molecule is CC.CN1CCC(CN2CCC(OC=O)CC2)CC1. The number of rotatable bonds is 4. The Morgan fingerprint density at radius 2 is 1.63 bits per heavy atom. The number of carbonyl (C=O) groups is 1. The van der Waals surface area contributed by atoms with E-state index in [-0.39, 0.29) is 6.10 Å². The molecule has 2 heterocycles. The van der Waals surface area contributed by atoms with Crippen molar-refractivity contribution in [3.05, 3.63) is 0 Å². The molecular formula is C15H30N2O2. The third-order valence-corrected chi connectivity index (χ3v) is 4.14. The zero-order chi connectivity index (χ0) is 14.1. The fraction of sp³-hybridized carbons (Fsp3) is 0.933. The van der Waals surface area contributed by atoms with Gasteiger partial charge in [0.1, 0.15) is 6.10 Å². The molecule has 19 heavy (non-hydrogen) atoms. The van der Waals surface area contributed by atoms with Gasteiger partial charge in [0.2, 0.25) is 0 Å². The Morgan fingerprint density at radius 1 is 1.05 bits per heavy atom. The molecule has 0 amide bonds. The van der Waals surface area contributed by atoms with Crippen LogP contribution in [0.2, 0.25) is 0 Å². The van der Waals surface area contributed by atoms with Crippen molar-refractivity contribution in [3.63, 3.8) is 0 Å². The van der Waals surface area contributed by atoms with Gasteiger partial charge in [0.15, 0.2) is 0 Å². The molecule has 2 saturated heterocycles. The first-order valence-corrected chi connectivity index (χ1v) is 7.78. The summed E-state index contributed by atoms with van der Waals surface area (Å²) in [5.41, 5.74) is 0. The molecule has 0 aromatic carbocycles. The zero-order valence-electron chi connectivity index (χ0n) is 12.8. The van der Waals surface area contributed by atoms with Crippen LogP contribution in [0.3, 0.4) is 0 Å². The molecule has 112 valence electrons. The van der Waals surface area contributed by atoms with Gasteiger partial charge in [0.25, 0.3) is 6.47 Å². The normalized spacial score (nSPS) is 23.5. The highest BCUT2D eigenvalue weighted by Crippen LogP contribution is 2.20. The molecule has 2 aliphatic rings. The first-order chi connectivity index (χ1) is 9.28. The lowest BCUT2D eigenvalue weighted by molar-refractivity contribution is -0.135. The van der Waals surface area contributed by atoms with E-state index in [9.17, 15) is 4.79 Å². The van der Waals surface area contributed by atoms with Crippen molar-refractivity contribution in [2.45, 2.75) is 45.6 Å². The van der Waals surface area contributed by atoms with Crippen LogP contribution < -0.4 is 0 Å². The second-order valence-electron chi connectivity index (χ2n) is 5.48. The minimum atomic E-state index is 0.168. The van der Waals surface area contributed by atoms with Crippen molar-refractivity contribution in [2.24, 2.45) is 5.92 Å². The molecular weight excluding hydrogens is 240 g/mol. The highest BCUT2D eigenvalue weighted by Gasteiger charge is 2.24. The van der Waals surface area contributed by atoms with Gasteiger partial charge in [-0.25, -0.2) is 0 Å². The molecule has 2 rings (SSSR count). The third-order valence-electron chi connectivity index (χ3n) is 4.14. The number of likely N-dealkylation sites (tertiary alicyclic amines) is 2. The van der Waals surface area contributed by atoms with Gasteiger partial charge in [-0.15, -0.1) is 0 Å². The number of ether oxygens (including phenoxy) is 1. The molecule has 0 aromatic rings. The lowest BCUT2D eigenvalue weighted by atomic mass is 9.95. The Bertz CT molecular complexity index is 232. The van der Waals surface area contributed by atoms with E-state index in [1.807, 2.05) is 13.8 Å². The number of piperidine rings is 2. The van der Waals surface area contributed by atoms with Crippen molar-refractivity contribution in [3.8, 4) is 0 Å².